The van der Waals surface area contributed by atoms with Gasteiger partial charge in [-0.2, -0.15) is 8.78 Å². The first-order chi connectivity index (χ1) is 10.3. The first-order valence-electron chi connectivity index (χ1n) is 6.38. The highest BCUT2D eigenvalue weighted by Crippen LogP contribution is 2.33. The van der Waals surface area contributed by atoms with Crippen molar-refractivity contribution in [1.29, 1.82) is 0 Å². The van der Waals surface area contributed by atoms with Crippen LogP contribution in [-0.4, -0.2) is 42.0 Å². The molecule has 0 aliphatic heterocycles. The summed E-state index contributed by atoms with van der Waals surface area (Å²) in [5, 5.41) is -0.415. The number of hydrogen-bond acceptors (Lipinski definition) is 2. The number of carbonyl (C=O) groups is 1. The molecule has 0 aromatic heterocycles. The molecule has 0 N–H and O–H groups in total. The van der Waals surface area contributed by atoms with Crippen LogP contribution in [0, 0.1) is 0 Å². The van der Waals surface area contributed by atoms with Crippen LogP contribution in [0.15, 0.2) is 30.3 Å². The van der Waals surface area contributed by atoms with Crippen molar-refractivity contribution in [2.24, 2.45) is 0 Å². The molecule has 0 aliphatic rings. The van der Waals surface area contributed by atoms with Gasteiger partial charge in [-0.3, -0.25) is 4.79 Å². The average Bonchev–Trinajstić information content (AvgIpc) is 2.53. The summed E-state index contributed by atoms with van der Waals surface area (Å²) >= 11 is 0.642. The van der Waals surface area contributed by atoms with Gasteiger partial charge in [-0.05, 0) is 6.42 Å². The Bertz CT molecular complexity index is 470. The smallest absolute Gasteiger partial charge is 0.282 e. The first-order valence-corrected chi connectivity index (χ1v) is 7.37. The maximum atomic E-state index is 13.4. The van der Waals surface area contributed by atoms with E-state index in [0.717, 1.165) is 0 Å². The summed E-state index contributed by atoms with van der Waals surface area (Å²) < 4.78 is 77.1. The number of hydrogen-bond donors (Lipinski definition) is 0. The van der Waals surface area contributed by atoms with E-state index in [1.54, 1.807) is 18.2 Å². The van der Waals surface area contributed by atoms with Gasteiger partial charge >= 0.3 is 5.92 Å². The van der Waals surface area contributed by atoms with Gasteiger partial charge in [-0.25, -0.2) is 17.6 Å². The Kier molecular flexibility index (Phi) is 7.25. The van der Waals surface area contributed by atoms with Gasteiger partial charge in [0.05, 0.1) is 0 Å². The molecule has 0 saturated heterocycles. The molecule has 0 saturated carbocycles. The van der Waals surface area contributed by atoms with Crippen LogP contribution in [0.25, 0.3) is 0 Å². The van der Waals surface area contributed by atoms with E-state index in [1.165, 1.54) is 12.1 Å². The number of alkyl halides is 6. The topological polar surface area (TPSA) is 17.1 Å². The molecule has 0 amide bonds. The van der Waals surface area contributed by atoms with Gasteiger partial charge in [-0.15, -0.1) is 0 Å². The predicted molar refractivity (Wildman–Crippen MR) is 73.5 cm³/mol. The fourth-order valence-electron chi connectivity index (χ4n) is 1.58. The van der Waals surface area contributed by atoms with Gasteiger partial charge in [0.15, 0.2) is 12.3 Å². The van der Waals surface area contributed by atoms with E-state index in [0.29, 0.717) is 17.3 Å². The van der Waals surface area contributed by atoms with E-state index in [2.05, 4.69) is 0 Å². The van der Waals surface area contributed by atoms with Gasteiger partial charge in [0.1, 0.15) is 12.8 Å². The summed E-state index contributed by atoms with van der Waals surface area (Å²) in [7, 11) is 0. The second-order valence-electron chi connectivity index (χ2n) is 4.50. The molecule has 0 radical (unpaired) electrons. The summed E-state index contributed by atoms with van der Waals surface area (Å²) in [5.74, 6) is -4.99. The number of rotatable bonds is 8. The second kappa shape index (κ2) is 8.45. The van der Waals surface area contributed by atoms with E-state index in [1.807, 2.05) is 0 Å². The Morgan fingerprint density at radius 3 is 2.27 bits per heavy atom. The SMILES string of the molecule is O=C(SCCC(F)C(F)C(F)(F)C(F)CF)c1ccccc1. The highest BCUT2D eigenvalue weighted by Gasteiger charge is 2.52. The standard InChI is InChI=1S/C14H14F6OS/c15-8-11(17)14(19,20)12(18)10(16)6-7-22-13(21)9-4-2-1-3-5-9/h1-5,10-12H,6-8H2. The molecule has 0 aliphatic carbocycles. The molecular formula is C14H14F6OS. The van der Waals surface area contributed by atoms with Crippen molar-refractivity contribution in [1.82, 2.24) is 0 Å². The molecule has 0 spiro atoms. The lowest BCUT2D eigenvalue weighted by atomic mass is 10.0. The highest BCUT2D eigenvalue weighted by molar-refractivity contribution is 8.14. The number of thioether (sulfide) groups is 1. The van der Waals surface area contributed by atoms with Crippen molar-refractivity contribution >= 4 is 16.9 Å². The van der Waals surface area contributed by atoms with E-state index >= 15 is 0 Å². The Hall–Kier alpha value is -1.18. The molecular weight excluding hydrogens is 330 g/mol. The molecule has 124 valence electrons. The van der Waals surface area contributed by atoms with Crippen LogP contribution >= 0.6 is 11.8 Å². The Labute approximate surface area is 128 Å². The third-order valence-electron chi connectivity index (χ3n) is 2.87. The lowest BCUT2D eigenvalue weighted by Gasteiger charge is -2.24. The number of halogens is 6. The quantitative estimate of drug-likeness (QED) is 0.643. The van der Waals surface area contributed by atoms with E-state index < -0.39 is 42.6 Å². The molecule has 22 heavy (non-hydrogen) atoms. The molecule has 1 aromatic carbocycles. The summed E-state index contributed by atoms with van der Waals surface area (Å²) in [4.78, 5) is 11.6. The maximum absolute atomic E-state index is 13.4. The fourth-order valence-corrected chi connectivity index (χ4v) is 2.42. The molecule has 0 heterocycles. The zero-order valence-electron chi connectivity index (χ0n) is 11.3. The van der Waals surface area contributed by atoms with Crippen LogP contribution in [-0.2, 0) is 0 Å². The van der Waals surface area contributed by atoms with Crippen molar-refractivity contribution in [3.8, 4) is 0 Å². The first kappa shape index (κ1) is 18.9. The highest BCUT2D eigenvalue weighted by atomic mass is 32.2. The zero-order chi connectivity index (χ0) is 16.8. The van der Waals surface area contributed by atoms with Gasteiger partial charge in [0, 0.05) is 11.3 Å². The van der Waals surface area contributed by atoms with Crippen molar-refractivity contribution < 1.29 is 31.1 Å². The average molecular weight is 344 g/mol. The predicted octanol–water partition coefficient (Wildman–Crippen LogP) is 4.57. The van der Waals surface area contributed by atoms with Gasteiger partial charge < -0.3 is 0 Å². The largest absolute Gasteiger partial charge is 0.314 e. The molecule has 3 unspecified atom stereocenters. The van der Waals surface area contributed by atoms with Crippen LogP contribution in [0.2, 0.25) is 0 Å². The van der Waals surface area contributed by atoms with E-state index in [-0.39, 0.29) is 5.75 Å². The molecule has 3 atom stereocenters. The third-order valence-corrected chi connectivity index (χ3v) is 3.81. The van der Waals surface area contributed by atoms with Crippen LogP contribution in [0.3, 0.4) is 0 Å². The second-order valence-corrected chi connectivity index (χ2v) is 5.57. The van der Waals surface area contributed by atoms with E-state index in [9.17, 15) is 31.1 Å². The van der Waals surface area contributed by atoms with Gasteiger partial charge in [0.2, 0.25) is 5.12 Å². The lowest BCUT2D eigenvalue weighted by molar-refractivity contribution is -0.150. The van der Waals surface area contributed by atoms with Gasteiger partial charge in [0.25, 0.3) is 0 Å². The number of benzene rings is 1. The molecule has 1 aromatic rings. The zero-order valence-corrected chi connectivity index (χ0v) is 12.1. The summed E-state index contributed by atoms with van der Waals surface area (Å²) in [6.07, 6.45) is -10.2. The van der Waals surface area contributed by atoms with Gasteiger partial charge in [-0.1, -0.05) is 42.1 Å². The minimum absolute atomic E-state index is 0.252. The molecule has 1 nitrogen and oxygen atoms in total. The minimum Gasteiger partial charge on any atom is -0.282 e. The summed E-state index contributed by atoms with van der Waals surface area (Å²) in [6.45, 7) is -2.10. The van der Waals surface area contributed by atoms with Crippen molar-refractivity contribution in [2.75, 3.05) is 12.4 Å². The van der Waals surface area contributed by atoms with Crippen molar-refractivity contribution in [3.05, 3.63) is 35.9 Å². The Morgan fingerprint density at radius 1 is 1.14 bits per heavy atom. The van der Waals surface area contributed by atoms with E-state index in [4.69, 9.17) is 0 Å². The molecule has 0 fully saturated rings. The number of carbonyl (C=O) groups excluding carboxylic acids is 1. The van der Waals surface area contributed by atoms with Crippen LogP contribution in [0.5, 0.6) is 0 Å². The Balaban J connectivity index is 2.46. The normalized spacial score (nSPS) is 16.1. The van der Waals surface area contributed by atoms with Crippen LogP contribution in [0.4, 0.5) is 26.3 Å². The minimum atomic E-state index is -4.73. The summed E-state index contributed by atoms with van der Waals surface area (Å²) in [6, 6.07) is 7.95. The van der Waals surface area contributed by atoms with Crippen molar-refractivity contribution in [2.45, 2.75) is 30.9 Å². The lowest BCUT2D eigenvalue weighted by Crippen LogP contribution is -2.46. The molecule has 1 rings (SSSR count). The van der Waals surface area contributed by atoms with Crippen LogP contribution in [0.1, 0.15) is 16.8 Å². The molecule has 8 heteroatoms. The van der Waals surface area contributed by atoms with Crippen LogP contribution < -0.4 is 0 Å². The Morgan fingerprint density at radius 2 is 1.73 bits per heavy atom. The monoisotopic (exact) mass is 344 g/mol. The third kappa shape index (κ3) is 4.93. The van der Waals surface area contributed by atoms with Crippen molar-refractivity contribution in [3.63, 3.8) is 0 Å². The summed E-state index contributed by atoms with van der Waals surface area (Å²) in [5.41, 5.74) is 0.339. The fraction of sp³-hybridized carbons (Fsp3) is 0.500. The maximum Gasteiger partial charge on any atom is 0.314 e. The molecule has 0 bridgehead atoms.